The Morgan fingerprint density at radius 1 is 1.25 bits per heavy atom. The number of nitrogens with one attached hydrogen (secondary N) is 1. The highest BCUT2D eigenvalue weighted by Crippen LogP contribution is 2.37. The van der Waals surface area contributed by atoms with E-state index in [1.807, 2.05) is 0 Å². The van der Waals surface area contributed by atoms with Gasteiger partial charge in [-0.1, -0.05) is 35.9 Å². The standard InChI is InChI=1S/C21H27N3O5S3/c1-21(2,18(25)26)31-17-12-22-19(30-17)23-20(27)24(13-14-6-4-5-7-14)15-8-10-16(11-9-15)32(3,28)29/h8-12,14H,4-7,13H2,1-3H3,(H,25,26)(H,22,23,27). The predicted octanol–water partition coefficient (Wildman–Crippen LogP) is 4.73. The van der Waals surface area contributed by atoms with E-state index in [2.05, 4.69) is 10.3 Å². The number of amides is 2. The van der Waals surface area contributed by atoms with Crippen molar-refractivity contribution >= 4 is 55.8 Å². The summed E-state index contributed by atoms with van der Waals surface area (Å²) in [6.07, 6.45) is 7.08. The maximum absolute atomic E-state index is 13.1. The van der Waals surface area contributed by atoms with Crippen molar-refractivity contribution in [3.8, 4) is 0 Å². The van der Waals surface area contributed by atoms with Crippen LogP contribution in [0.1, 0.15) is 39.5 Å². The maximum atomic E-state index is 13.1. The minimum atomic E-state index is -3.33. The molecule has 0 aliphatic heterocycles. The fraction of sp³-hybridized carbons (Fsp3) is 0.476. The molecule has 1 fully saturated rings. The number of aromatic nitrogens is 1. The molecule has 8 nitrogen and oxygen atoms in total. The lowest BCUT2D eigenvalue weighted by atomic mass is 10.1. The van der Waals surface area contributed by atoms with Crippen molar-refractivity contribution in [3.05, 3.63) is 30.5 Å². The summed E-state index contributed by atoms with van der Waals surface area (Å²) < 4.78 is 23.2. The molecule has 1 aliphatic rings. The highest BCUT2D eigenvalue weighted by atomic mass is 32.2. The normalized spacial score (nSPS) is 15.0. The van der Waals surface area contributed by atoms with Crippen LogP contribution in [-0.4, -0.2) is 48.1 Å². The molecule has 0 unspecified atom stereocenters. The highest BCUT2D eigenvalue weighted by Gasteiger charge is 2.30. The van der Waals surface area contributed by atoms with Crippen molar-refractivity contribution in [2.75, 3.05) is 23.0 Å². The van der Waals surface area contributed by atoms with Crippen molar-refractivity contribution in [1.29, 1.82) is 0 Å². The number of anilines is 2. The van der Waals surface area contributed by atoms with E-state index in [-0.39, 0.29) is 10.9 Å². The smallest absolute Gasteiger partial charge is 0.328 e. The molecule has 0 atom stereocenters. The maximum Gasteiger partial charge on any atom is 0.328 e. The summed E-state index contributed by atoms with van der Waals surface area (Å²) in [6, 6.07) is 5.94. The Hall–Kier alpha value is -2.11. The number of sulfone groups is 1. The van der Waals surface area contributed by atoms with Gasteiger partial charge in [-0.15, -0.1) is 0 Å². The highest BCUT2D eigenvalue weighted by molar-refractivity contribution is 8.03. The van der Waals surface area contributed by atoms with Crippen LogP contribution in [0.15, 0.2) is 39.6 Å². The third-order valence-electron chi connectivity index (χ3n) is 5.31. The Kier molecular flexibility index (Phi) is 7.51. The van der Waals surface area contributed by atoms with Gasteiger partial charge < -0.3 is 5.11 Å². The zero-order valence-electron chi connectivity index (χ0n) is 18.2. The Balaban J connectivity index is 1.78. The van der Waals surface area contributed by atoms with Crippen LogP contribution in [0, 0.1) is 5.92 Å². The molecular weight excluding hydrogens is 470 g/mol. The minimum absolute atomic E-state index is 0.199. The Labute approximate surface area is 196 Å². The molecule has 0 spiro atoms. The van der Waals surface area contributed by atoms with Crippen LogP contribution in [-0.2, 0) is 14.6 Å². The molecule has 1 saturated carbocycles. The number of urea groups is 1. The summed E-state index contributed by atoms with van der Waals surface area (Å²) in [5.74, 6) is -0.545. The third kappa shape index (κ3) is 6.23. The van der Waals surface area contributed by atoms with Crippen LogP contribution >= 0.6 is 23.1 Å². The summed E-state index contributed by atoms with van der Waals surface area (Å²) in [5, 5.41) is 12.5. The molecule has 0 saturated heterocycles. The third-order valence-corrected chi connectivity index (χ3v) is 8.63. The number of thiazole rings is 1. The summed E-state index contributed by atoms with van der Waals surface area (Å²) in [6.45, 7) is 3.76. The topological polar surface area (TPSA) is 117 Å². The molecule has 1 heterocycles. The Morgan fingerprint density at radius 2 is 1.88 bits per heavy atom. The molecule has 3 rings (SSSR count). The number of carbonyl (C=O) groups excluding carboxylic acids is 1. The number of rotatable bonds is 8. The van der Waals surface area contributed by atoms with Gasteiger partial charge in [-0.05, 0) is 56.9 Å². The van der Waals surface area contributed by atoms with E-state index in [9.17, 15) is 23.1 Å². The van der Waals surface area contributed by atoms with Gasteiger partial charge in [0.25, 0.3) is 0 Å². The van der Waals surface area contributed by atoms with Crippen molar-refractivity contribution in [3.63, 3.8) is 0 Å². The van der Waals surface area contributed by atoms with Gasteiger partial charge in [0.1, 0.15) is 4.75 Å². The molecule has 174 valence electrons. The van der Waals surface area contributed by atoms with Gasteiger partial charge in [-0.25, -0.2) is 18.2 Å². The number of hydrogen-bond acceptors (Lipinski definition) is 7. The Bertz CT molecular complexity index is 1070. The molecule has 2 aromatic rings. The number of nitrogens with zero attached hydrogens (tertiary/aromatic N) is 2. The van der Waals surface area contributed by atoms with Gasteiger partial charge in [-0.2, -0.15) is 0 Å². The first-order valence-corrected chi connectivity index (χ1v) is 13.7. The lowest BCUT2D eigenvalue weighted by Gasteiger charge is -2.26. The second-order valence-corrected chi connectivity index (χ2v) is 13.3. The van der Waals surface area contributed by atoms with Crippen LogP contribution in [0.25, 0.3) is 0 Å². The first-order valence-electron chi connectivity index (χ1n) is 10.2. The number of hydrogen-bond donors (Lipinski definition) is 2. The van der Waals surface area contributed by atoms with Crippen molar-refractivity contribution in [2.24, 2.45) is 5.92 Å². The van der Waals surface area contributed by atoms with E-state index in [1.54, 1.807) is 37.1 Å². The lowest BCUT2D eigenvalue weighted by Crippen LogP contribution is -2.38. The number of carboxylic acid groups (broad SMARTS) is 1. The van der Waals surface area contributed by atoms with E-state index < -0.39 is 20.6 Å². The van der Waals surface area contributed by atoms with E-state index in [0.717, 1.165) is 31.9 Å². The first-order chi connectivity index (χ1) is 15.0. The van der Waals surface area contributed by atoms with E-state index in [0.29, 0.717) is 27.5 Å². The van der Waals surface area contributed by atoms with Gasteiger partial charge in [-0.3, -0.25) is 15.0 Å². The lowest BCUT2D eigenvalue weighted by molar-refractivity contribution is -0.138. The summed E-state index contributed by atoms with van der Waals surface area (Å²) >= 11 is 2.39. The van der Waals surface area contributed by atoms with Gasteiger partial charge in [0.2, 0.25) is 0 Å². The van der Waals surface area contributed by atoms with E-state index in [1.165, 1.54) is 35.2 Å². The molecule has 2 amide bonds. The average molecular weight is 498 g/mol. The largest absolute Gasteiger partial charge is 0.480 e. The quantitative estimate of drug-likeness (QED) is 0.506. The SMILES string of the molecule is CC(C)(Sc1cnc(NC(=O)N(CC2CCCC2)c2ccc(S(C)(=O)=O)cc2)s1)C(=O)O. The molecule has 0 radical (unpaired) electrons. The van der Waals surface area contributed by atoms with Gasteiger partial charge in [0.15, 0.2) is 15.0 Å². The van der Waals surface area contributed by atoms with Gasteiger partial charge in [0.05, 0.1) is 15.3 Å². The molecule has 2 N–H and O–H groups in total. The summed E-state index contributed by atoms with van der Waals surface area (Å²) in [5.41, 5.74) is 0.611. The minimum Gasteiger partial charge on any atom is -0.480 e. The monoisotopic (exact) mass is 497 g/mol. The predicted molar refractivity (Wildman–Crippen MR) is 128 cm³/mol. The molecule has 1 aliphatic carbocycles. The molecule has 32 heavy (non-hydrogen) atoms. The summed E-state index contributed by atoms with van der Waals surface area (Å²) in [4.78, 5) is 30.5. The van der Waals surface area contributed by atoms with E-state index in [4.69, 9.17) is 0 Å². The fourth-order valence-electron chi connectivity index (χ4n) is 3.45. The van der Waals surface area contributed by atoms with Gasteiger partial charge in [0, 0.05) is 18.5 Å². The number of aliphatic carboxylic acids is 1. The fourth-order valence-corrected chi connectivity index (χ4v) is 6.34. The zero-order chi connectivity index (χ0) is 23.5. The second-order valence-electron chi connectivity index (χ2n) is 8.36. The first kappa shape index (κ1) is 24.5. The molecule has 11 heteroatoms. The number of carbonyl (C=O) groups is 2. The van der Waals surface area contributed by atoms with Crippen molar-refractivity contribution in [1.82, 2.24) is 4.98 Å². The van der Waals surface area contributed by atoms with E-state index >= 15 is 0 Å². The van der Waals surface area contributed by atoms with Crippen LogP contribution < -0.4 is 10.2 Å². The number of benzene rings is 1. The Morgan fingerprint density at radius 3 is 2.44 bits per heavy atom. The van der Waals surface area contributed by atoms with Crippen LogP contribution in [0.2, 0.25) is 0 Å². The summed E-state index contributed by atoms with van der Waals surface area (Å²) in [7, 11) is -3.33. The van der Waals surface area contributed by atoms with Crippen LogP contribution in [0.3, 0.4) is 0 Å². The van der Waals surface area contributed by atoms with Crippen molar-refractivity contribution in [2.45, 2.75) is 53.4 Å². The van der Waals surface area contributed by atoms with Crippen LogP contribution in [0.5, 0.6) is 0 Å². The second kappa shape index (κ2) is 9.80. The molecular formula is C21H27N3O5S3. The zero-order valence-corrected chi connectivity index (χ0v) is 20.6. The van der Waals surface area contributed by atoms with Crippen LogP contribution in [0.4, 0.5) is 15.6 Å². The molecule has 1 aromatic carbocycles. The molecule has 1 aromatic heterocycles. The van der Waals surface area contributed by atoms with Gasteiger partial charge >= 0.3 is 12.0 Å². The molecule has 0 bridgehead atoms. The number of thioether (sulfide) groups is 1. The number of carboxylic acids is 1. The van der Waals surface area contributed by atoms with Crippen molar-refractivity contribution < 1.29 is 23.1 Å². The average Bonchev–Trinajstić information content (AvgIpc) is 3.37.